The van der Waals surface area contributed by atoms with E-state index in [-0.39, 0.29) is 0 Å². The molecule has 1 fully saturated rings. The number of aryl methyl sites for hydroxylation is 2. The Kier molecular flexibility index (Phi) is 7.06. The summed E-state index contributed by atoms with van der Waals surface area (Å²) in [6.45, 7) is 8.68. The van der Waals surface area contributed by atoms with Crippen molar-refractivity contribution in [3.63, 3.8) is 0 Å². The zero-order valence-corrected chi connectivity index (χ0v) is 18.7. The maximum Gasteiger partial charge on any atom is 0.191 e. The van der Waals surface area contributed by atoms with Crippen molar-refractivity contribution < 1.29 is 5.11 Å². The van der Waals surface area contributed by atoms with Gasteiger partial charge < -0.3 is 20.6 Å². The van der Waals surface area contributed by atoms with Crippen LogP contribution in [-0.2, 0) is 19.5 Å². The number of aliphatic hydroxyl groups excluding tert-OH is 1. The predicted octanol–water partition coefficient (Wildman–Crippen LogP) is 1.87. The van der Waals surface area contributed by atoms with Gasteiger partial charge in [-0.2, -0.15) is 5.10 Å². The van der Waals surface area contributed by atoms with Gasteiger partial charge in [0.2, 0.25) is 0 Å². The summed E-state index contributed by atoms with van der Waals surface area (Å²) in [6, 6.07) is 9.04. The van der Waals surface area contributed by atoms with Gasteiger partial charge in [-0.15, -0.1) is 0 Å². The van der Waals surface area contributed by atoms with Crippen LogP contribution in [0.15, 0.2) is 29.3 Å². The average Bonchev–Trinajstić information content (AvgIpc) is 3.17. The number of aromatic nitrogens is 3. The minimum Gasteiger partial charge on any atom is -0.396 e. The van der Waals surface area contributed by atoms with Gasteiger partial charge in [0.15, 0.2) is 5.96 Å². The summed E-state index contributed by atoms with van der Waals surface area (Å²) in [7, 11) is 0. The van der Waals surface area contributed by atoms with Crippen molar-refractivity contribution in [1.29, 1.82) is 0 Å². The Morgan fingerprint density at radius 3 is 2.68 bits per heavy atom. The first kappa shape index (κ1) is 21.6. The first-order valence-corrected chi connectivity index (χ1v) is 11.5. The molecule has 0 amide bonds. The molecule has 8 heteroatoms. The fraction of sp³-hybridized carbons (Fsp3) is 0.609. The van der Waals surface area contributed by atoms with Crippen LogP contribution in [0.2, 0.25) is 0 Å². The molecule has 1 unspecified atom stereocenters. The topological polar surface area (TPSA) is 90.6 Å². The Morgan fingerprint density at radius 1 is 1.19 bits per heavy atom. The van der Waals surface area contributed by atoms with Gasteiger partial charge in [-0.3, -0.25) is 0 Å². The number of piperidine rings is 1. The Hall–Kier alpha value is -2.61. The van der Waals surface area contributed by atoms with Crippen LogP contribution in [0.4, 0.5) is 5.69 Å². The van der Waals surface area contributed by atoms with Crippen molar-refractivity contribution in [3.8, 4) is 0 Å². The molecule has 0 saturated carbocycles. The lowest BCUT2D eigenvalue weighted by atomic mass is 9.97. The highest BCUT2D eigenvalue weighted by atomic mass is 16.3. The molecular formula is C23H35N7O. The normalized spacial score (nSPS) is 19.9. The summed E-state index contributed by atoms with van der Waals surface area (Å²) < 4.78 is 2.02. The number of rotatable bonds is 6. The largest absolute Gasteiger partial charge is 0.396 e. The summed E-state index contributed by atoms with van der Waals surface area (Å²) in [6.07, 6.45) is 4.10. The standard InChI is InChI=1S/C23H35N7O/c1-3-24-23(27-20-6-9-22-26-17(2)28-30(22)15-20)25-14-18-4-7-21(8-5-18)29-12-10-19(16-31)11-13-29/h4-5,7-8,19-20,31H,3,6,9-16H2,1-2H3,(H2,24,25,27). The van der Waals surface area contributed by atoms with Crippen LogP contribution in [0.1, 0.15) is 43.4 Å². The van der Waals surface area contributed by atoms with Crippen molar-refractivity contribution in [2.24, 2.45) is 10.9 Å². The van der Waals surface area contributed by atoms with E-state index in [0.717, 1.165) is 69.5 Å². The van der Waals surface area contributed by atoms with Crippen LogP contribution >= 0.6 is 0 Å². The molecule has 0 aliphatic carbocycles. The van der Waals surface area contributed by atoms with Crippen LogP contribution in [0.5, 0.6) is 0 Å². The zero-order chi connectivity index (χ0) is 21.6. The molecule has 1 aromatic heterocycles. The first-order chi connectivity index (χ1) is 15.1. The Morgan fingerprint density at radius 2 is 1.97 bits per heavy atom. The molecule has 2 aliphatic heterocycles. The molecule has 0 bridgehead atoms. The Labute approximate surface area is 184 Å². The molecule has 0 radical (unpaired) electrons. The monoisotopic (exact) mass is 425 g/mol. The lowest BCUT2D eigenvalue weighted by Gasteiger charge is -2.32. The fourth-order valence-electron chi connectivity index (χ4n) is 4.42. The molecule has 8 nitrogen and oxygen atoms in total. The molecule has 2 aliphatic rings. The minimum absolute atomic E-state index is 0.302. The van der Waals surface area contributed by atoms with Gasteiger partial charge in [-0.1, -0.05) is 12.1 Å². The van der Waals surface area contributed by atoms with E-state index in [1.807, 2.05) is 11.6 Å². The van der Waals surface area contributed by atoms with Gasteiger partial charge in [0.25, 0.3) is 0 Å². The van der Waals surface area contributed by atoms with E-state index in [0.29, 0.717) is 25.1 Å². The van der Waals surface area contributed by atoms with Crippen molar-refractivity contribution in [2.75, 3.05) is 31.1 Å². The smallest absolute Gasteiger partial charge is 0.191 e. The fourth-order valence-corrected chi connectivity index (χ4v) is 4.42. The van der Waals surface area contributed by atoms with Crippen molar-refractivity contribution in [2.45, 2.75) is 58.7 Å². The van der Waals surface area contributed by atoms with Gasteiger partial charge in [-0.25, -0.2) is 14.7 Å². The number of aliphatic imine (C=N–C) groups is 1. The lowest BCUT2D eigenvalue weighted by Crippen LogP contribution is -2.47. The quantitative estimate of drug-likeness (QED) is 0.484. The van der Waals surface area contributed by atoms with Gasteiger partial charge >= 0.3 is 0 Å². The molecule has 3 heterocycles. The average molecular weight is 426 g/mol. The van der Waals surface area contributed by atoms with Gasteiger partial charge in [0.1, 0.15) is 11.6 Å². The number of nitrogens with zero attached hydrogens (tertiary/aromatic N) is 5. The number of fused-ring (bicyclic) bond motifs is 1. The third kappa shape index (κ3) is 5.55. The summed E-state index contributed by atoms with van der Waals surface area (Å²) in [4.78, 5) is 11.7. The van der Waals surface area contributed by atoms with E-state index in [4.69, 9.17) is 4.99 Å². The van der Waals surface area contributed by atoms with E-state index in [9.17, 15) is 5.11 Å². The molecule has 31 heavy (non-hydrogen) atoms. The van der Waals surface area contributed by atoms with Crippen LogP contribution in [0, 0.1) is 12.8 Å². The molecule has 1 atom stereocenters. The molecule has 1 saturated heterocycles. The van der Waals surface area contributed by atoms with Gasteiger partial charge in [0, 0.05) is 44.4 Å². The molecule has 2 aromatic rings. The SMILES string of the molecule is CCNC(=NCc1ccc(N2CCC(CO)CC2)cc1)NC1CCc2nc(C)nn2C1. The van der Waals surface area contributed by atoms with Crippen molar-refractivity contribution in [3.05, 3.63) is 41.5 Å². The summed E-state index contributed by atoms with van der Waals surface area (Å²) >= 11 is 0. The molecule has 0 spiro atoms. The highest BCUT2D eigenvalue weighted by molar-refractivity contribution is 5.80. The number of hydrogen-bond donors (Lipinski definition) is 3. The number of anilines is 1. The number of nitrogens with one attached hydrogen (secondary N) is 2. The predicted molar refractivity (Wildman–Crippen MR) is 123 cm³/mol. The maximum absolute atomic E-state index is 9.33. The minimum atomic E-state index is 0.302. The van der Waals surface area contributed by atoms with E-state index in [2.05, 4.69) is 56.8 Å². The van der Waals surface area contributed by atoms with E-state index in [1.165, 1.54) is 11.3 Å². The number of guanidine groups is 1. The summed E-state index contributed by atoms with van der Waals surface area (Å²) in [5.74, 6) is 3.24. The molecule has 168 valence electrons. The van der Waals surface area contributed by atoms with E-state index >= 15 is 0 Å². The van der Waals surface area contributed by atoms with Crippen LogP contribution in [0.3, 0.4) is 0 Å². The van der Waals surface area contributed by atoms with Crippen LogP contribution < -0.4 is 15.5 Å². The molecule has 4 rings (SSSR count). The Bertz CT molecular complexity index is 869. The van der Waals surface area contributed by atoms with E-state index < -0.39 is 0 Å². The van der Waals surface area contributed by atoms with Gasteiger partial charge in [0.05, 0.1) is 13.1 Å². The maximum atomic E-state index is 9.33. The second-order valence-corrected chi connectivity index (χ2v) is 8.61. The third-order valence-corrected chi connectivity index (χ3v) is 6.24. The second kappa shape index (κ2) is 10.1. The highest BCUT2D eigenvalue weighted by Crippen LogP contribution is 2.23. The number of benzene rings is 1. The summed E-state index contributed by atoms with van der Waals surface area (Å²) in [5.41, 5.74) is 2.46. The lowest BCUT2D eigenvalue weighted by molar-refractivity contribution is 0.203. The van der Waals surface area contributed by atoms with E-state index in [1.54, 1.807) is 0 Å². The Balaban J connectivity index is 1.33. The molecule has 3 N–H and O–H groups in total. The van der Waals surface area contributed by atoms with Crippen LogP contribution in [0.25, 0.3) is 0 Å². The number of aliphatic hydroxyl groups is 1. The zero-order valence-electron chi connectivity index (χ0n) is 18.7. The summed E-state index contributed by atoms with van der Waals surface area (Å²) in [5, 5.41) is 20.8. The number of hydrogen-bond acceptors (Lipinski definition) is 5. The first-order valence-electron chi connectivity index (χ1n) is 11.5. The highest BCUT2D eigenvalue weighted by Gasteiger charge is 2.22. The van der Waals surface area contributed by atoms with Crippen molar-refractivity contribution in [1.82, 2.24) is 25.4 Å². The molecular weight excluding hydrogens is 390 g/mol. The van der Waals surface area contributed by atoms with Crippen molar-refractivity contribution >= 4 is 11.6 Å². The second-order valence-electron chi connectivity index (χ2n) is 8.61. The van der Waals surface area contributed by atoms with Crippen LogP contribution in [-0.4, -0.2) is 58.1 Å². The van der Waals surface area contributed by atoms with Gasteiger partial charge in [-0.05, 0) is 56.7 Å². The third-order valence-electron chi connectivity index (χ3n) is 6.24. The molecule has 1 aromatic carbocycles.